The molecule has 0 saturated heterocycles. The summed E-state index contributed by atoms with van der Waals surface area (Å²) in [7, 11) is 0. The molecule has 1 aliphatic heterocycles. The number of H-pyrrole nitrogens is 1. The van der Waals surface area contributed by atoms with Crippen molar-refractivity contribution in [1.82, 2.24) is 4.98 Å². The summed E-state index contributed by atoms with van der Waals surface area (Å²) >= 11 is 1.89. The lowest BCUT2D eigenvalue weighted by atomic mass is 9.67. The average Bonchev–Trinajstić information content (AvgIpc) is 3.51. The fourth-order valence-electron chi connectivity index (χ4n) is 7.06. The second-order valence-corrected chi connectivity index (χ2v) is 11.7. The minimum atomic E-state index is -0.342. The molecule has 0 saturated carbocycles. The first-order valence-electron chi connectivity index (χ1n) is 13.4. The van der Waals surface area contributed by atoms with Crippen molar-refractivity contribution in [3.05, 3.63) is 156 Å². The van der Waals surface area contributed by atoms with E-state index in [0.29, 0.717) is 0 Å². The average molecular weight is 514 g/mol. The standard InChI is InChI=1S/C37H23NS/c1-3-11-29-25(9-1)26-19-17-24(23-18-20-34-28(21-23)27-10-2-6-14-33(27)38-34)22-32(26)37(29)30-12-4-7-15-35(30)39-36-16-8-5-13-31(36)37/h1-22,38H. The molecule has 1 N–H and O–H groups in total. The fraction of sp³-hybridized carbons (Fsp3) is 0.0270. The summed E-state index contributed by atoms with van der Waals surface area (Å²) in [5, 5.41) is 2.54. The molecule has 0 bridgehead atoms. The largest absolute Gasteiger partial charge is 0.355 e. The van der Waals surface area contributed by atoms with E-state index in [2.05, 4.69) is 138 Å². The number of aromatic nitrogens is 1. The van der Waals surface area contributed by atoms with Gasteiger partial charge in [0.15, 0.2) is 0 Å². The van der Waals surface area contributed by atoms with Crippen molar-refractivity contribution < 1.29 is 0 Å². The third kappa shape index (κ3) is 2.77. The van der Waals surface area contributed by atoms with Gasteiger partial charge < -0.3 is 4.98 Å². The zero-order valence-corrected chi connectivity index (χ0v) is 21.9. The Bertz CT molecular complexity index is 2070. The van der Waals surface area contributed by atoms with Crippen molar-refractivity contribution in [1.29, 1.82) is 0 Å². The molecular formula is C37H23NS. The van der Waals surface area contributed by atoms with Crippen LogP contribution < -0.4 is 0 Å². The van der Waals surface area contributed by atoms with E-state index < -0.39 is 0 Å². The van der Waals surface area contributed by atoms with Gasteiger partial charge in [-0.15, -0.1) is 0 Å². The van der Waals surface area contributed by atoms with Crippen LogP contribution in [0.4, 0.5) is 0 Å². The van der Waals surface area contributed by atoms with Gasteiger partial charge in [0.25, 0.3) is 0 Å². The lowest BCUT2D eigenvalue weighted by molar-refractivity contribution is 0.722. The summed E-state index contributed by atoms with van der Waals surface area (Å²) < 4.78 is 0. The number of rotatable bonds is 1. The molecule has 2 heteroatoms. The number of fused-ring (bicyclic) bond motifs is 12. The van der Waals surface area contributed by atoms with E-state index in [0.717, 1.165) is 0 Å². The van der Waals surface area contributed by atoms with E-state index in [9.17, 15) is 0 Å². The molecule has 39 heavy (non-hydrogen) atoms. The second-order valence-electron chi connectivity index (χ2n) is 10.6. The molecule has 7 aromatic rings. The van der Waals surface area contributed by atoms with E-state index in [-0.39, 0.29) is 5.41 Å². The topological polar surface area (TPSA) is 15.8 Å². The van der Waals surface area contributed by atoms with Gasteiger partial charge in [0.05, 0.1) is 5.41 Å². The molecule has 0 amide bonds. The van der Waals surface area contributed by atoms with Crippen LogP contribution in [0, 0.1) is 0 Å². The van der Waals surface area contributed by atoms with Crippen molar-refractivity contribution >= 4 is 33.6 Å². The Balaban J connectivity index is 1.36. The minimum Gasteiger partial charge on any atom is -0.355 e. The summed E-state index contributed by atoms with van der Waals surface area (Å²) in [5.41, 5.74) is 12.7. The fourth-order valence-corrected chi connectivity index (χ4v) is 8.25. The van der Waals surface area contributed by atoms with Crippen LogP contribution in [0.1, 0.15) is 22.3 Å². The number of hydrogen-bond acceptors (Lipinski definition) is 1. The van der Waals surface area contributed by atoms with Crippen LogP contribution >= 0.6 is 11.8 Å². The van der Waals surface area contributed by atoms with Crippen molar-refractivity contribution in [2.45, 2.75) is 15.2 Å². The summed E-state index contributed by atoms with van der Waals surface area (Å²) in [5.74, 6) is 0. The quantitative estimate of drug-likeness (QED) is 0.231. The van der Waals surface area contributed by atoms with Gasteiger partial charge in [-0.25, -0.2) is 0 Å². The summed E-state index contributed by atoms with van der Waals surface area (Å²) in [4.78, 5) is 6.25. The summed E-state index contributed by atoms with van der Waals surface area (Å²) in [6, 6.07) is 49.5. The summed E-state index contributed by atoms with van der Waals surface area (Å²) in [6.07, 6.45) is 0. The number of nitrogens with one attached hydrogen (secondary N) is 1. The Hall–Kier alpha value is -4.53. The lowest BCUT2D eigenvalue weighted by Gasteiger charge is -2.39. The smallest absolute Gasteiger partial charge is 0.0735 e. The second kappa shape index (κ2) is 7.75. The van der Waals surface area contributed by atoms with Gasteiger partial charge in [0, 0.05) is 31.6 Å². The summed E-state index contributed by atoms with van der Waals surface area (Å²) in [6.45, 7) is 0. The van der Waals surface area contributed by atoms with Crippen LogP contribution in [-0.4, -0.2) is 4.98 Å². The van der Waals surface area contributed by atoms with Gasteiger partial charge >= 0.3 is 0 Å². The first-order valence-corrected chi connectivity index (χ1v) is 14.3. The van der Waals surface area contributed by atoms with Crippen molar-refractivity contribution in [2.24, 2.45) is 0 Å². The minimum absolute atomic E-state index is 0.342. The molecule has 6 aromatic carbocycles. The van der Waals surface area contributed by atoms with Crippen molar-refractivity contribution in [2.75, 3.05) is 0 Å². The highest BCUT2D eigenvalue weighted by Crippen LogP contribution is 2.62. The lowest BCUT2D eigenvalue weighted by Crippen LogP contribution is -2.31. The Morgan fingerprint density at radius 2 is 1.03 bits per heavy atom. The van der Waals surface area contributed by atoms with Gasteiger partial charge in [0.1, 0.15) is 0 Å². The predicted molar refractivity (Wildman–Crippen MR) is 163 cm³/mol. The molecule has 9 rings (SSSR count). The highest BCUT2D eigenvalue weighted by Gasteiger charge is 2.50. The van der Waals surface area contributed by atoms with Crippen LogP contribution in [0.15, 0.2) is 143 Å². The predicted octanol–water partition coefficient (Wildman–Crippen LogP) is 9.82. The molecule has 2 heterocycles. The SMILES string of the molecule is c1ccc2c(c1)Sc1ccccc1C21c2ccccc2-c2ccc(-c3ccc4[nH]c5ccccc5c4c3)cc21. The third-order valence-electron chi connectivity index (χ3n) is 8.69. The van der Waals surface area contributed by atoms with Gasteiger partial charge in [-0.05, 0) is 80.9 Å². The highest BCUT2D eigenvalue weighted by atomic mass is 32.2. The Morgan fingerprint density at radius 3 is 1.85 bits per heavy atom. The van der Waals surface area contributed by atoms with Gasteiger partial charge in [0.2, 0.25) is 0 Å². The molecule has 182 valence electrons. The zero-order valence-electron chi connectivity index (χ0n) is 21.1. The van der Waals surface area contributed by atoms with Crippen molar-refractivity contribution in [3.63, 3.8) is 0 Å². The normalized spacial score (nSPS) is 14.3. The zero-order chi connectivity index (χ0) is 25.6. The maximum absolute atomic E-state index is 3.58. The number of hydrogen-bond donors (Lipinski definition) is 1. The van der Waals surface area contributed by atoms with E-state index in [1.807, 2.05) is 11.8 Å². The Morgan fingerprint density at radius 1 is 0.436 bits per heavy atom. The van der Waals surface area contributed by atoms with Gasteiger partial charge in [-0.2, -0.15) is 0 Å². The van der Waals surface area contributed by atoms with Crippen molar-refractivity contribution in [3.8, 4) is 22.3 Å². The van der Waals surface area contributed by atoms with E-state index in [1.54, 1.807) is 0 Å². The van der Waals surface area contributed by atoms with Crippen LogP contribution in [0.5, 0.6) is 0 Å². The molecule has 1 aromatic heterocycles. The van der Waals surface area contributed by atoms with Gasteiger partial charge in [-0.3, -0.25) is 0 Å². The maximum atomic E-state index is 3.58. The van der Waals surface area contributed by atoms with Crippen LogP contribution in [0.3, 0.4) is 0 Å². The highest BCUT2D eigenvalue weighted by molar-refractivity contribution is 7.99. The number of benzene rings is 6. The molecule has 1 aliphatic carbocycles. The molecule has 0 radical (unpaired) electrons. The van der Waals surface area contributed by atoms with Crippen LogP contribution in [0.2, 0.25) is 0 Å². The Labute approximate surface area is 231 Å². The number of para-hydroxylation sites is 1. The molecule has 2 aliphatic rings. The maximum Gasteiger partial charge on any atom is 0.0735 e. The molecule has 0 fully saturated rings. The molecule has 1 nitrogen and oxygen atoms in total. The van der Waals surface area contributed by atoms with Crippen LogP contribution in [-0.2, 0) is 5.41 Å². The Kier molecular flexibility index (Phi) is 4.26. The third-order valence-corrected chi connectivity index (χ3v) is 9.84. The van der Waals surface area contributed by atoms with E-state index >= 15 is 0 Å². The van der Waals surface area contributed by atoms with Gasteiger partial charge in [-0.1, -0.05) is 109 Å². The molecule has 0 atom stereocenters. The molecule has 1 spiro atoms. The van der Waals surface area contributed by atoms with E-state index in [1.165, 1.54) is 76.1 Å². The monoisotopic (exact) mass is 513 g/mol. The molecular weight excluding hydrogens is 490 g/mol. The van der Waals surface area contributed by atoms with E-state index in [4.69, 9.17) is 0 Å². The molecule has 0 unspecified atom stereocenters. The van der Waals surface area contributed by atoms with Crippen LogP contribution in [0.25, 0.3) is 44.1 Å². The number of aromatic amines is 1. The first-order chi connectivity index (χ1) is 19.3. The first kappa shape index (κ1) is 21.4.